The van der Waals surface area contributed by atoms with E-state index in [1.165, 1.54) is 0 Å². The van der Waals surface area contributed by atoms with Crippen LogP contribution < -0.4 is 5.32 Å². The average molecular weight is 285 g/mol. The molecule has 2 rings (SSSR count). The molecule has 20 heavy (non-hydrogen) atoms. The zero-order valence-corrected chi connectivity index (χ0v) is 10.8. The van der Waals surface area contributed by atoms with E-state index in [1.54, 1.807) is 24.3 Å². The number of carbonyl (C=O) groups is 2. The molecule has 1 N–H and O–H groups in total. The molecule has 0 radical (unpaired) electrons. The van der Waals surface area contributed by atoms with Gasteiger partial charge in [-0.25, -0.2) is 0 Å². The third kappa shape index (κ3) is 2.75. The summed E-state index contributed by atoms with van der Waals surface area (Å²) >= 11 is 0. The lowest BCUT2D eigenvalue weighted by Crippen LogP contribution is -2.45. The van der Waals surface area contributed by atoms with Gasteiger partial charge in [0.25, 0.3) is 0 Å². The van der Waals surface area contributed by atoms with E-state index >= 15 is 0 Å². The Morgan fingerprint density at radius 3 is 2.55 bits per heavy atom. The van der Waals surface area contributed by atoms with Gasteiger partial charge in [0.1, 0.15) is 11.7 Å². The van der Waals surface area contributed by atoms with Crippen molar-refractivity contribution in [1.82, 2.24) is 5.32 Å². The quantitative estimate of drug-likeness (QED) is 0.866. The van der Waals surface area contributed by atoms with Gasteiger partial charge in [0.2, 0.25) is 5.78 Å². The van der Waals surface area contributed by atoms with E-state index in [2.05, 4.69) is 5.32 Å². The maximum atomic E-state index is 12.7. The molecular weight excluding hydrogens is 271 g/mol. The zero-order valence-electron chi connectivity index (χ0n) is 10.8. The molecule has 6 heteroatoms. The second kappa shape index (κ2) is 5.36. The number of halogens is 3. The summed E-state index contributed by atoms with van der Waals surface area (Å²) in [7, 11) is 0. The highest BCUT2D eigenvalue weighted by Gasteiger charge is 2.49. The number of ketones is 2. The van der Waals surface area contributed by atoms with Crippen LogP contribution in [-0.4, -0.2) is 24.3 Å². The van der Waals surface area contributed by atoms with Gasteiger partial charge < -0.3 is 5.32 Å². The molecule has 0 saturated heterocycles. The van der Waals surface area contributed by atoms with Gasteiger partial charge in [-0.15, -0.1) is 0 Å². The second-order valence-electron chi connectivity index (χ2n) is 4.83. The maximum absolute atomic E-state index is 12.7. The Hall–Kier alpha value is -1.69. The third-order valence-corrected chi connectivity index (χ3v) is 3.48. The number of Topliss-reactive ketones (excluding diaryl/α,β-unsaturated/α-hetero) is 2. The molecule has 0 bridgehead atoms. The van der Waals surface area contributed by atoms with Crippen molar-refractivity contribution >= 4 is 11.6 Å². The third-order valence-electron chi connectivity index (χ3n) is 3.48. The van der Waals surface area contributed by atoms with Crippen LogP contribution in [0.4, 0.5) is 13.2 Å². The lowest BCUT2D eigenvalue weighted by Gasteiger charge is -2.31. The van der Waals surface area contributed by atoms with Crippen LogP contribution in [0.15, 0.2) is 24.3 Å². The topological polar surface area (TPSA) is 46.2 Å². The predicted molar refractivity (Wildman–Crippen MR) is 66.1 cm³/mol. The molecule has 0 spiro atoms. The van der Waals surface area contributed by atoms with E-state index < -0.39 is 29.7 Å². The molecule has 1 aromatic rings. The molecule has 1 aliphatic rings. The van der Waals surface area contributed by atoms with Gasteiger partial charge in [-0.3, -0.25) is 9.59 Å². The first-order chi connectivity index (χ1) is 9.32. The van der Waals surface area contributed by atoms with Gasteiger partial charge in [-0.1, -0.05) is 24.3 Å². The molecule has 1 heterocycles. The fourth-order valence-electron chi connectivity index (χ4n) is 2.58. The summed E-state index contributed by atoms with van der Waals surface area (Å²) in [5, 5.41) is 2.87. The van der Waals surface area contributed by atoms with Gasteiger partial charge in [-0.05, 0) is 31.0 Å². The number of nitrogens with one attached hydrogen (secondary N) is 1. The molecule has 0 saturated carbocycles. The van der Waals surface area contributed by atoms with E-state index in [1.807, 2.05) is 0 Å². The van der Waals surface area contributed by atoms with Crippen molar-refractivity contribution in [3.05, 3.63) is 35.4 Å². The summed E-state index contributed by atoms with van der Waals surface area (Å²) < 4.78 is 38.0. The molecule has 0 amide bonds. The maximum Gasteiger partial charge on any atom is 0.450 e. The number of fused-ring (bicyclic) bond motifs is 1. The van der Waals surface area contributed by atoms with Crippen molar-refractivity contribution in [2.75, 3.05) is 6.54 Å². The number of benzene rings is 1. The first-order valence-electron chi connectivity index (χ1n) is 6.25. The first kappa shape index (κ1) is 14.7. The van der Waals surface area contributed by atoms with E-state index in [0.29, 0.717) is 18.5 Å². The minimum atomic E-state index is -5.01. The monoisotopic (exact) mass is 285 g/mol. The second-order valence-corrected chi connectivity index (χ2v) is 4.83. The SMILES string of the molecule is CC(=O)C(C(=O)C(F)(F)F)C1NCCc2ccccc21. The van der Waals surface area contributed by atoms with E-state index in [9.17, 15) is 22.8 Å². The van der Waals surface area contributed by atoms with E-state index in [-0.39, 0.29) is 0 Å². The van der Waals surface area contributed by atoms with Crippen LogP contribution in [0.3, 0.4) is 0 Å². The Balaban J connectivity index is 2.42. The molecule has 108 valence electrons. The van der Waals surface area contributed by atoms with Crippen LogP contribution >= 0.6 is 0 Å². The number of alkyl halides is 3. The van der Waals surface area contributed by atoms with Crippen molar-refractivity contribution in [2.24, 2.45) is 5.92 Å². The zero-order chi connectivity index (χ0) is 14.9. The van der Waals surface area contributed by atoms with Crippen LogP contribution in [0, 0.1) is 5.92 Å². The molecule has 1 aliphatic heterocycles. The van der Waals surface area contributed by atoms with Gasteiger partial charge in [-0.2, -0.15) is 13.2 Å². The molecular formula is C14H14F3NO2. The lowest BCUT2D eigenvalue weighted by molar-refractivity contribution is -0.177. The number of rotatable bonds is 3. The van der Waals surface area contributed by atoms with Crippen LogP contribution in [0.2, 0.25) is 0 Å². The summed E-state index contributed by atoms with van der Waals surface area (Å²) in [6.45, 7) is 1.46. The van der Waals surface area contributed by atoms with Gasteiger partial charge in [0.05, 0.1) is 0 Å². The van der Waals surface area contributed by atoms with Crippen LogP contribution in [-0.2, 0) is 16.0 Å². The number of hydrogen-bond acceptors (Lipinski definition) is 3. The molecule has 2 unspecified atom stereocenters. The summed E-state index contributed by atoms with van der Waals surface area (Å²) in [4.78, 5) is 23.1. The van der Waals surface area contributed by atoms with Crippen molar-refractivity contribution in [1.29, 1.82) is 0 Å². The minimum absolute atomic E-state index is 0.441. The van der Waals surface area contributed by atoms with Gasteiger partial charge in [0, 0.05) is 6.04 Å². The fraction of sp³-hybridized carbons (Fsp3) is 0.429. The smallest absolute Gasteiger partial charge is 0.309 e. The summed E-state index contributed by atoms with van der Waals surface area (Å²) in [6.07, 6.45) is -4.35. The Labute approximate surface area is 114 Å². The lowest BCUT2D eigenvalue weighted by atomic mass is 9.82. The van der Waals surface area contributed by atoms with Gasteiger partial charge in [0.15, 0.2) is 0 Å². The molecule has 0 aliphatic carbocycles. The van der Waals surface area contributed by atoms with Crippen molar-refractivity contribution in [2.45, 2.75) is 25.6 Å². The van der Waals surface area contributed by atoms with Crippen molar-refractivity contribution < 1.29 is 22.8 Å². The highest BCUT2D eigenvalue weighted by Crippen LogP contribution is 2.34. The molecule has 3 nitrogen and oxygen atoms in total. The van der Waals surface area contributed by atoms with E-state index in [0.717, 1.165) is 12.5 Å². The van der Waals surface area contributed by atoms with E-state index in [4.69, 9.17) is 0 Å². The number of hydrogen-bond donors (Lipinski definition) is 1. The summed E-state index contributed by atoms with van der Waals surface area (Å²) in [6, 6.07) is 6.03. The standard InChI is InChI=1S/C14H14F3NO2/c1-8(19)11(13(20)14(15,16)17)12-10-5-3-2-4-9(10)6-7-18-12/h2-5,11-12,18H,6-7H2,1H3. The summed E-state index contributed by atoms with van der Waals surface area (Å²) in [5.41, 5.74) is 1.47. The number of carbonyl (C=O) groups excluding carboxylic acids is 2. The predicted octanol–water partition coefficient (Wildman–Crippen LogP) is 2.21. The molecule has 0 aromatic heterocycles. The Kier molecular flexibility index (Phi) is 3.94. The largest absolute Gasteiger partial charge is 0.450 e. The van der Waals surface area contributed by atoms with Crippen LogP contribution in [0.1, 0.15) is 24.1 Å². The first-order valence-corrected chi connectivity index (χ1v) is 6.25. The molecule has 0 fully saturated rings. The van der Waals surface area contributed by atoms with Crippen LogP contribution in [0.5, 0.6) is 0 Å². The summed E-state index contributed by atoms with van der Waals surface area (Å²) in [5.74, 6) is -4.49. The van der Waals surface area contributed by atoms with Gasteiger partial charge >= 0.3 is 6.18 Å². The minimum Gasteiger partial charge on any atom is -0.309 e. The van der Waals surface area contributed by atoms with Crippen LogP contribution in [0.25, 0.3) is 0 Å². The van der Waals surface area contributed by atoms with Crippen molar-refractivity contribution in [3.63, 3.8) is 0 Å². The molecule has 2 atom stereocenters. The normalized spacial score (nSPS) is 20.1. The Morgan fingerprint density at radius 2 is 1.95 bits per heavy atom. The Bertz CT molecular complexity index is 539. The highest BCUT2D eigenvalue weighted by atomic mass is 19.4. The Morgan fingerprint density at radius 1 is 1.30 bits per heavy atom. The highest BCUT2D eigenvalue weighted by molar-refractivity contribution is 6.04. The van der Waals surface area contributed by atoms with Crippen molar-refractivity contribution in [3.8, 4) is 0 Å². The molecule has 1 aromatic carbocycles. The fourth-order valence-corrected chi connectivity index (χ4v) is 2.58. The average Bonchev–Trinajstić information content (AvgIpc) is 2.37.